The number of hydrogen-bond donors (Lipinski definition) is 2. The molecule has 152 valence electrons. The Kier molecular flexibility index (Phi) is 6.88. The van der Waals surface area contributed by atoms with Gasteiger partial charge in [-0.15, -0.1) is 0 Å². The van der Waals surface area contributed by atoms with Crippen LogP contribution < -0.4 is 0 Å². The highest BCUT2D eigenvalue weighted by Gasteiger charge is 2.26. The highest BCUT2D eigenvalue weighted by atomic mass is 16.5. The number of carbonyl (C=O) groups excluding carboxylic acids is 1. The van der Waals surface area contributed by atoms with E-state index in [1.165, 1.54) is 26.0 Å². The molecule has 1 heterocycles. The molecule has 2 aromatic rings. The average Bonchev–Trinajstić information content (AvgIpc) is 2.63. The quantitative estimate of drug-likeness (QED) is 0.536. The van der Waals surface area contributed by atoms with Crippen LogP contribution in [0.15, 0.2) is 30.3 Å². The first kappa shape index (κ1) is 21.8. The molecule has 2 rings (SSSR count). The fourth-order valence-electron chi connectivity index (χ4n) is 2.97. The molecule has 0 aliphatic carbocycles. The Hall–Kier alpha value is -3.48. The number of carbonyl (C=O) groups is 3. The standard InChI is InChI=1S/C22H23NO6/c1-12(2)11-29-17(24)10-9-15-7-5-6-8-16(15)20-18(21(25)26)13(3)23-14(4)19(20)22(27)28/h5-10,12H,11H2,1-4H3,(H,25,26)(H,27,28)/b10-9+. The fraction of sp³-hybridized carbons (Fsp3) is 0.273. The van der Waals surface area contributed by atoms with E-state index in [0.29, 0.717) is 11.1 Å². The summed E-state index contributed by atoms with van der Waals surface area (Å²) in [5.41, 5.74) is 0.987. The molecular formula is C22H23NO6. The van der Waals surface area contributed by atoms with Gasteiger partial charge in [-0.25, -0.2) is 14.4 Å². The van der Waals surface area contributed by atoms with E-state index in [9.17, 15) is 24.6 Å². The summed E-state index contributed by atoms with van der Waals surface area (Å²) in [5.74, 6) is -2.89. The van der Waals surface area contributed by atoms with Crippen LogP contribution in [0.4, 0.5) is 0 Å². The van der Waals surface area contributed by atoms with Crippen molar-refractivity contribution in [2.24, 2.45) is 5.92 Å². The summed E-state index contributed by atoms with van der Waals surface area (Å²) in [5, 5.41) is 19.4. The van der Waals surface area contributed by atoms with E-state index in [0.717, 1.165) is 0 Å². The van der Waals surface area contributed by atoms with Gasteiger partial charge in [-0.05, 0) is 37.0 Å². The Morgan fingerprint density at radius 2 is 1.59 bits per heavy atom. The predicted octanol–water partition coefficient (Wildman–Crippen LogP) is 3.97. The number of aryl methyl sites for hydroxylation is 2. The Morgan fingerprint density at radius 3 is 2.10 bits per heavy atom. The lowest BCUT2D eigenvalue weighted by atomic mass is 9.89. The summed E-state index contributed by atoms with van der Waals surface area (Å²) in [6.07, 6.45) is 2.73. The number of rotatable bonds is 7. The fourth-order valence-corrected chi connectivity index (χ4v) is 2.97. The Balaban J connectivity index is 2.66. The van der Waals surface area contributed by atoms with Gasteiger partial charge in [0.15, 0.2) is 0 Å². The number of hydrogen-bond acceptors (Lipinski definition) is 5. The molecule has 7 nitrogen and oxygen atoms in total. The number of esters is 1. The number of benzene rings is 1. The molecule has 7 heteroatoms. The Morgan fingerprint density at radius 1 is 1.03 bits per heavy atom. The molecule has 0 bridgehead atoms. The Bertz CT molecular complexity index is 953. The first-order valence-electron chi connectivity index (χ1n) is 9.05. The monoisotopic (exact) mass is 397 g/mol. The van der Waals surface area contributed by atoms with Crippen molar-refractivity contribution in [2.45, 2.75) is 27.7 Å². The molecule has 0 unspecified atom stereocenters. The molecule has 2 N–H and O–H groups in total. The van der Waals surface area contributed by atoms with Crippen LogP contribution in [0.2, 0.25) is 0 Å². The Labute approximate surface area is 168 Å². The maximum atomic E-state index is 11.9. The largest absolute Gasteiger partial charge is 0.478 e. The van der Waals surface area contributed by atoms with Crippen molar-refractivity contribution in [3.63, 3.8) is 0 Å². The van der Waals surface area contributed by atoms with Crippen molar-refractivity contribution in [2.75, 3.05) is 6.61 Å². The van der Waals surface area contributed by atoms with Crippen LogP contribution in [0, 0.1) is 19.8 Å². The molecule has 0 saturated heterocycles. The molecule has 0 spiro atoms. The number of ether oxygens (including phenoxy) is 1. The minimum atomic E-state index is -1.28. The maximum absolute atomic E-state index is 11.9. The summed E-state index contributed by atoms with van der Waals surface area (Å²) in [4.78, 5) is 39.8. The van der Waals surface area contributed by atoms with Crippen LogP contribution in [-0.2, 0) is 9.53 Å². The van der Waals surface area contributed by atoms with Crippen LogP contribution in [0.5, 0.6) is 0 Å². The van der Waals surface area contributed by atoms with Gasteiger partial charge in [0.05, 0.1) is 29.1 Å². The average molecular weight is 397 g/mol. The second-order valence-corrected chi connectivity index (χ2v) is 6.96. The lowest BCUT2D eigenvalue weighted by Crippen LogP contribution is -2.14. The SMILES string of the molecule is Cc1nc(C)c(C(=O)O)c(-c2ccccc2/C=C/C(=O)OCC(C)C)c1C(=O)O. The number of pyridine rings is 1. The van der Waals surface area contributed by atoms with Crippen molar-refractivity contribution in [1.29, 1.82) is 0 Å². The van der Waals surface area contributed by atoms with E-state index >= 15 is 0 Å². The molecule has 0 saturated carbocycles. The zero-order chi connectivity index (χ0) is 21.7. The van der Waals surface area contributed by atoms with E-state index < -0.39 is 17.9 Å². The summed E-state index contributed by atoms with van der Waals surface area (Å²) >= 11 is 0. The highest BCUT2D eigenvalue weighted by Crippen LogP contribution is 2.34. The molecule has 0 atom stereocenters. The first-order valence-corrected chi connectivity index (χ1v) is 9.05. The zero-order valence-corrected chi connectivity index (χ0v) is 16.7. The number of aromatic carboxylic acids is 2. The topological polar surface area (TPSA) is 114 Å². The van der Waals surface area contributed by atoms with Crippen molar-refractivity contribution in [3.05, 3.63) is 58.4 Å². The lowest BCUT2D eigenvalue weighted by molar-refractivity contribution is -0.138. The summed E-state index contributed by atoms with van der Waals surface area (Å²) in [6, 6.07) is 6.67. The van der Waals surface area contributed by atoms with Crippen molar-refractivity contribution in [1.82, 2.24) is 4.98 Å². The molecule has 0 aliphatic rings. The second kappa shape index (κ2) is 9.14. The highest BCUT2D eigenvalue weighted by molar-refractivity contribution is 6.07. The lowest BCUT2D eigenvalue weighted by Gasteiger charge is -2.16. The summed E-state index contributed by atoms with van der Waals surface area (Å²) in [6.45, 7) is 7.16. The third kappa shape index (κ3) is 5.07. The van der Waals surface area contributed by atoms with Crippen molar-refractivity contribution < 1.29 is 29.3 Å². The molecule has 0 radical (unpaired) electrons. The molecule has 0 fully saturated rings. The molecule has 29 heavy (non-hydrogen) atoms. The van der Waals surface area contributed by atoms with Crippen LogP contribution >= 0.6 is 0 Å². The maximum Gasteiger partial charge on any atom is 0.338 e. The van der Waals surface area contributed by atoms with Gasteiger partial charge in [0.25, 0.3) is 0 Å². The molecular weight excluding hydrogens is 374 g/mol. The van der Waals surface area contributed by atoms with Gasteiger partial charge in [0.2, 0.25) is 0 Å². The normalized spacial score (nSPS) is 11.1. The number of nitrogens with zero attached hydrogens (tertiary/aromatic N) is 1. The van der Waals surface area contributed by atoms with Crippen LogP contribution in [0.25, 0.3) is 17.2 Å². The van der Waals surface area contributed by atoms with Gasteiger partial charge in [0.1, 0.15) is 0 Å². The second-order valence-electron chi connectivity index (χ2n) is 6.96. The number of carboxylic acid groups (broad SMARTS) is 2. The summed E-state index contributed by atoms with van der Waals surface area (Å²) < 4.78 is 5.11. The number of carboxylic acids is 2. The van der Waals surface area contributed by atoms with Crippen molar-refractivity contribution >= 4 is 24.0 Å². The summed E-state index contributed by atoms with van der Waals surface area (Å²) in [7, 11) is 0. The van der Waals surface area contributed by atoms with E-state index in [-0.39, 0.29) is 40.6 Å². The van der Waals surface area contributed by atoms with Gasteiger partial charge in [0, 0.05) is 11.6 Å². The van der Waals surface area contributed by atoms with Crippen LogP contribution in [0.1, 0.15) is 51.5 Å². The zero-order valence-electron chi connectivity index (χ0n) is 16.7. The third-order valence-electron chi connectivity index (χ3n) is 4.17. The van der Waals surface area contributed by atoms with E-state index in [2.05, 4.69) is 4.98 Å². The van der Waals surface area contributed by atoms with Crippen molar-refractivity contribution in [3.8, 4) is 11.1 Å². The molecule has 0 amide bonds. The number of aromatic nitrogens is 1. The minimum Gasteiger partial charge on any atom is -0.478 e. The van der Waals surface area contributed by atoms with Crippen LogP contribution in [0.3, 0.4) is 0 Å². The van der Waals surface area contributed by atoms with Crippen LogP contribution in [-0.4, -0.2) is 39.7 Å². The smallest absolute Gasteiger partial charge is 0.338 e. The molecule has 1 aromatic carbocycles. The van der Waals surface area contributed by atoms with Gasteiger partial charge >= 0.3 is 17.9 Å². The van der Waals surface area contributed by atoms with E-state index in [4.69, 9.17) is 4.74 Å². The predicted molar refractivity (Wildman–Crippen MR) is 108 cm³/mol. The van der Waals surface area contributed by atoms with Gasteiger partial charge < -0.3 is 14.9 Å². The first-order chi connectivity index (χ1) is 13.6. The van der Waals surface area contributed by atoms with Gasteiger partial charge in [-0.3, -0.25) is 4.98 Å². The third-order valence-corrected chi connectivity index (χ3v) is 4.17. The van der Waals surface area contributed by atoms with Gasteiger partial charge in [-0.2, -0.15) is 0 Å². The molecule has 0 aliphatic heterocycles. The van der Waals surface area contributed by atoms with Gasteiger partial charge in [-0.1, -0.05) is 38.1 Å². The van der Waals surface area contributed by atoms with E-state index in [1.807, 2.05) is 13.8 Å². The minimum absolute atomic E-state index is 0.0609. The molecule has 1 aromatic heterocycles. The van der Waals surface area contributed by atoms with E-state index in [1.54, 1.807) is 24.3 Å².